The Morgan fingerprint density at radius 2 is 1.97 bits per heavy atom. The summed E-state index contributed by atoms with van der Waals surface area (Å²) < 4.78 is 27.3. The minimum Gasteiger partial charge on any atom is -0.497 e. The number of hydrogen-bond donors (Lipinski definition) is 1. The number of benzene rings is 2. The van der Waals surface area contributed by atoms with Crippen LogP contribution in [-0.4, -0.2) is 28.0 Å². The molecule has 0 aliphatic heterocycles. The van der Waals surface area contributed by atoms with Gasteiger partial charge in [0.1, 0.15) is 29.6 Å². The number of halogens is 1. The van der Waals surface area contributed by atoms with E-state index in [-0.39, 0.29) is 12.2 Å². The first-order valence-corrected chi connectivity index (χ1v) is 10.9. The molecule has 3 aromatic rings. The highest BCUT2D eigenvalue weighted by Gasteiger charge is 2.31. The average Bonchev–Trinajstić information content (AvgIpc) is 3.57. The third kappa shape index (κ3) is 5.66. The molecule has 0 saturated heterocycles. The summed E-state index contributed by atoms with van der Waals surface area (Å²) in [5.41, 5.74) is 3.14. The van der Waals surface area contributed by atoms with E-state index in [1.54, 1.807) is 30.1 Å². The van der Waals surface area contributed by atoms with Crippen LogP contribution in [0.25, 0.3) is 5.69 Å². The zero-order valence-electron chi connectivity index (χ0n) is 18.7. The molecule has 2 aromatic carbocycles. The Bertz CT molecular complexity index is 1060. The van der Waals surface area contributed by atoms with E-state index in [2.05, 4.69) is 5.10 Å². The number of aromatic nitrogens is 2. The van der Waals surface area contributed by atoms with E-state index in [0.29, 0.717) is 36.1 Å². The monoisotopic (exact) mass is 440 g/mol. The van der Waals surface area contributed by atoms with Crippen molar-refractivity contribution in [2.45, 2.75) is 52.1 Å². The maximum atomic E-state index is 14.5. The van der Waals surface area contributed by atoms with Gasteiger partial charge in [0, 0.05) is 24.0 Å². The van der Waals surface area contributed by atoms with Crippen molar-refractivity contribution in [3.8, 4) is 17.2 Å². The second kappa shape index (κ2) is 10.8. The molecule has 7 heteroatoms. The zero-order chi connectivity index (χ0) is 23.1. The van der Waals surface area contributed by atoms with Crippen LogP contribution in [0.1, 0.15) is 55.8 Å². The van der Waals surface area contributed by atoms with Gasteiger partial charge in [-0.15, -0.1) is 0 Å². The maximum absolute atomic E-state index is 14.5. The molecule has 0 radical (unpaired) electrons. The van der Waals surface area contributed by atoms with Gasteiger partial charge in [-0.3, -0.25) is 4.79 Å². The summed E-state index contributed by atoms with van der Waals surface area (Å²) in [6, 6.07) is 12.0. The second-order valence-electron chi connectivity index (χ2n) is 7.39. The molecule has 1 fully saturated rings. The van der Waals surface area contributed by atoms with Gasteiger partial charge >= 0.3 is 5.97 Å². The first kappa shape index (κ1) is 23.3. The molecule has 6 nitrogen and oxygen atoms in total. The lowest BCUT2D eigenvalue weighted by Gasteiger charge is -2.12. The number of rotatable bonds is 9. The fourth-order valence-electron chi connectivity index (χ4n) is 3.47. The number of aliphatic carboxylic acids is 1. The highest BCUT2D eigenvalue weighted by molar-refractivity contribution is 5.67. The summed E-state index contributed by atoms with van der Waals surface area (Å²) in [5, 5.41) is 13.3. The molecule has 1 heterocycles. The molecule has 0 atom stereocenters. The van der Waals surface area contributed by atoms with Gasteiger partial charge in [0.15, 0.2) is 0 Å². The third-order valence-corrected chi connectivity index (χ3v) is 5.15. The van der Waals surface area contributed by atoms with Crippen molar-refractivity contribution >= 4 is 5.97 Å². The number of hydrogen-bond acceptors (Lipinski definition) is 4. The van der Waals surface area contributed by atoms with E-state index in [1.165, 1.54) is 6.07 Å². The van der Waals surface area contributed by atoms with E-state index in [0.717, 1.165) is 29.7 Å². The Hall–Kier alpha value is -3.35. The lowest BCUT2D eigenvalue weighted by Crippen LogP contribution is -2.06. The van der Waals surface area contributed by atoms with Crippen LogP contribution in [0.5, 0.6) is 11.5 Å². The number of methoxy groups -OCH3 is 1. The van der Waals surface area contributed by atoms with Gasteiger partial charge in [0.05, 0.1) is 19.0 Å². The SMILES string of the molecule is CC.COc1ccc(F)c(-n2ncc(COc3cccc(CCC(=O)O)c3)c2C2CC2)c1. The van der Waals surface area contributed by atoms with Gasteiger partial charge in [-0.2, -0.15) is 5.10 Å². The van der Waals surface area contributed by atoms with Crippen molar-refractivity contribution in [3.63, 3.8) is 0 Å². The lowest BCUT2D eigenvalue weighted by molar-refractivity contribution is -0.136. The molecule has 4 rings (SSSR count). The number of carboxylic acid groups (broad SMARTS) is 1. The van der Waals surface area contributed by atoms with Gasteiger partial charge in [-0.25, -0.2) is 9.07 Å². The molecule has 1 aliphatic carbocycles. The topological polar surface area (TPSA) is 73.6 Å². The largest absolute Gasteiger partial charge is 0.497 e. The molecule has 32 heavy (non-hydrogen) atoms. The van der Waals surface area contributed by atoms with Gasteiger partial charge in [-0.1, -0.05) is 26.0 Å². The van der Waals surface area contributed by atoms with Crippen LogP contribution < -0.4 is 9.47 Å². The van der Waals surface area contributed by atoms with E-state index >= 15 is 0 Å². The number of aryl methyl sites for hydroxylation is 1. The van der Waals surface area contributed by atoms with Gasteiger partial charge < -0.3 is 14.6 Å². The van der Waals surface area contributed by atoms with Crippen LogP contribution in [0.2, 0.25) is 0 Å². The van der Waals surface area contributed by atoms with Crippen LogP contribution >= 0.6 is 0 Å². The van der Waals surface area contributed by atoms with Crippen LogP contribution in [0.3, 0.4) is 0 Å². The van der Waals surface area contributed by atoms with E-state index in [4.69, 9.17) is 14.6 Å². The Kier molecular flexibility index (Phi) is 7.87. The number of carbonyl (C=O) groups is 1. The van der Waals surface area contributed by atoms with E-state index in [9.17, 15) is 9.18 Å². The molecule has 0 spiro atoms. The van der Waals surface area contributed by atoms with Crippen LogP contribution in [0.15, 0.2) is 48.7 Å². The van der Waals surface area contributed by atoms with Crippen molar-refractivity contribution in [1.82, 2.24) is 9.78 Å². The fourth-order valence-corrected chi connectivity index (χ4v) is 3.47. The summed E-state index contributed by atoms with van der Waals surface area (Å²) in [7, 11) is 1.55. The summed E-state index contributed by atoms with van der Waals surface area (Å²) in [4.78, 5) is 10.8. The Balaban J connectivity index is 0.00000141. The summed E-state index contributed by atoms with van der Waals surface area (Å²) >= 11 is 0. The van der Waals surface area contributed by atoms with Crippen molar-refractivity contribution in [2.24, 2.45) is 0 Å². The molecule has 0 unspecified atom stereocenters. The maximum Gasteiger partial charge on any atom is 0.303 e. The molecular formula is C25H29FN2O4. The smallest absolute Gasteiger partial charge is 0.303 e. The molecule has 0 bridgehead atoms. The third-order valence-electron chi connectivity index (χ3n) is 5.15. The molecule has 170 valence electrons. The predicted molar refractivity (Wildman–Crippen MR) is 120 cm³/mol. The molecule has 1 N–H and O–H groups in total. The highest BCUT2D eigenvalue weighted by atomic mass is 19.1. The van der Waals surface area contributed by atoms with Crippen molar-refractivity contribution in [2.75, 3.05) is 7.11 Å². The number of ether oxygens (including phenoxy) is 2. The van der Waals surface area contributed by atoms with Gasteiger partial charge in [0.25, 0.3) is 0 Å². The van der Waals surface area contributed by atoms with Gasteiger partial charge in [0.2, 0.25) is 0 Å². The highest BCUT2D eigenvalue weighted by Crippen LogP contribution is 2.43. The molecule has 1 aromatic heterocycles. The normalized spacial score (nSPS) is 12.6. The van der Waals surface area contributed by atoms with Gasteiger partial charge in [-0.05, 0) is 49.1 Å². The standard InChI is InChI=1S/C23H23FN2O4.C2H6/c1-29-18-8-9-20(24)21(12-18)26-23(16-6-7-16)17(13-25-26)14-30-19-4-2-3-15(11-19)5-10-22(27)28;1-2/h2-4,8-9,11-13,16H,5-7,10,14H2,1H3,(H,27,28);1-2H3. The van der Waals surface area contributed by atoms with E-state index < -0.39 is 5.97 Å². The zero-order valence-corrected chi connectivity index (χ0v) is 18.7. The lowest BCUT2D eigenvalue weighted by atomic mass is 10.1. The first-order chi connectivity index (χ1) is 15.5. The predicted octanol–water partition coefficient (Wildman–Crippen LogP) is 5.52. The van der Waals surface area contributed by atoms with Crippen molar-refractivity contribution < 1.29 is 23.8 Å². The molecule has 0 amide bonds. The Morgan fingerprint density at radius 1 is 1.19 bits per heavy atom. The van der Waals surface area contributed by atoms with Crippen molar-refractivity contribution in [3.05, 3.63) is 71.3 Å². The summed E-state index contributed by atoms with van der Waals surface area (Å²) in [6.45, 7) is 4.31. The Morgan fingerprint density at radius 3 is 2.66 bits per heavy atom. The summed E-state index contributed by atoms with van der Waals surface area (Å²) in [5.74, 6) is 0.380. The quantitative estimate of drug-likeness (QED) is 0.474. The minimum atomic E-state index is -0.826. The minimum absolute atomic E-state index is 0.0775. The molecule has 1 saturated carbocycles. The number of nitrogens with zero attached hydrogens (tertiary/aromatic N) is 2. The van der Waals surface area contributed by atoms with Crippen LogP contribution in [0, 0.1) is 5.82 Å². The first-order valence-electron chi connectivity index (χ1n) is 10.9. The van der Waals surface area contributed by atoms with E-state index in [1.807, 2.05) is 38.1 Å². The Labute approximate surface area is 187 Å². The van der Waals surface area contributed by atoms with Crippen molar-refractivity contribution in [1.29, 1.82) is 0 Å². The second-order valence-corrected chi connectivity index (χ2v) is 7.39. The molecule has 1 aliphatic rings. The number of carboxylic acids is 1. The molecular weight excluding hydrogens is 411 g/mol. The summed E-state index contributed by atoms with van der Waals surface area (Å²) in [6.07, 6.45) is 4.33. The van der Waals surface area contributed by atoms with Crippen LogP contribution in [0.4, 0.5) is 4.39 Å². The fraction of sp³-hybridized carbons (Fsp3) is 0.360. The average molecular weight is 441 g/mol. The van der Waals surface area contributed by atoms with Crippen LogP contribution in [-0.2, 0) is 17.8 Å².